The second kappa shape index (κ2) is 8.42. The molecule has 0 bridgehead atoms. The molecule has 0 aliphatic rings. The van der Waals surface area contributed by atoms with Gasteiger partial charge < -0.3 is 14.2 Å². The lowest BCUT2D eigenvalue weighted by atomic mass is 10.2. The third-order valence-corrected chi connectivity index (χ3v) is 4.76. The Morgan fingerprint density at radius 2 is 1.68 bits per heavy atom. The normalized spacial score (nSPS) is 10.5. The molecule has 0 fully saturated rings. The highest BCUT2D eigenvalue weighted by Crippen LogP contribution is 2.27. The van der Waals surface area contributed by atoms with Gasteiger partial charge in [0.2, 0.25) is 10.0 Å². The quantitative estimate of drug-likeness (QED) is 0.797. The van der Waals surface area contributed by atoms with Crippen LogP contribution < -0.4 is 18.9 Å². The Hall–Kier alpha value is -2.69. The van der Waals surface area contributed by atoms with Crippen LogP contribution in [-0.4, -0.2) is 36.3 Å². The third-order valence-electron chi connectivity index (χ3n) is 3.34. The van der Waals surface area contributed by atoms with Crippen LogP contribution in [0.25, 0.3) is 0 Å². The van der Waals surface area contributed by atoms with Crippen LogP contribution in [0.5, 0.6) is 17.2 Å². The average Bonchev–Trinajstić information content (AvgIpc) is 2.65. The first-order chi connectivity index (χ1) is 12.0. The van der Waals surface area contributed by atoms with Crippen LogP contribution in [0.1, 0.15) is 5.56 Å². The number of hydrogen-bond donors (Lipinski definition) is 1. The van der Waals surface area contributed by atoms with Crippen LogP contribution in [-0.2, 0) is 10.0 Å². The molecule has 0 heterocycles. The molecule has 0 amide bonds. The number of ether oxygens (including phenoxy) is 3. The van der Waals surface area contributed by atoms with E-state index in [2.05, 4.69) is 16.6 Å². The van der Waals surface area contributed by atoms with E-state index in [0.717, 1.165) is 0 Å². The van der Waals surface area contributed by atoms with E-state index in [1.807, 2.05) is 12.1 Å². The maximum absolute atomic E-state index is 12.5. The molecule has 0 radical (unpaired) electrons. The maximum atomic E-state index is 12.5. The van der Waals surface area contributed by atoms with Crippen molar-refractivity contribution in [1.29, 1.82) is 0 Å². The van der Waals surface area contributed by atoms with Gasteiger partial charge in [-0.1, -0.05) is 24.0 Å². The minimum absolute atomic E-state index is 0.00607. The molecule has 0 spiro atoms. The Balaban J connectivity index is 2.17. The average molecular weight is 361 g/mol. The lowest BCUT2D eigenvalue weighted by Gasteiger charge is -2.11. The van der Waals surface area contributed by atoms with E-state index in [9.17, 15) is 8.42 Å². The Morgan fingerprint density at radius 3 is 2.36 bits per heavy atom. The molecule has 0 aliphatic heterocycles. The van der Waals surface area contributed by atoms with Crippen molar-refractivity contribution in [3.63, 3.8) is 0 Å². The molecule has 1 N–H and O–H groups in total. The van der Waals surface area contributed by atoms with Gasteiger partial charge in [0.1, 0.15) is 22.1 Å². The van der Waals surface area contributed by atoms with Crippen molar-refractivity contribution in [3.8, 4) is 29.1 Å². The van der Waals surface area contributed by atoms with Gasteiger partial charge in [-0.15, -0.1) is 0 Å². The van der Waals surface area contributed by atoms with E-state index in [-0.39, 0.29) is 17.2 Å². The van der Waals surface area contributed by atoms with Gasteiger partial charge >= 0.3 is 0 Å². The number of rotatable bonds is 6. The second-order valence-electron chi connectivity index (χ2n) is 4.84. The number of benzene rings is 2. The molecule has 0 aromatic heterocycles. The lowest BCUT2D eigenvalue weighted by molar-refractivity contribution is 0.392. The van der Waals surface area contributed by atoms with Crippen LogP contribution in [0.15, 0.2) is 47.4 Å². The van der Waals surface area contributed by atoms with Crippen molar-refractivity contribution >= 4 is 10.0 Å². The van der Waals surface area contributed by atoms with Crippen LogP contribution in [0, 0.1) is 11.8 Å². The summed E-state index contributed by atoms with van der Waals surface area (Å²) in [5.74, 6) is 6.93. The lowest BCUT2D eigenvalue weighted by Crippen LogP contribution is -2.24. The zero-order valence-electron chi connectivity index (χ0n) is 14.2. The summed E-state index contributed by atoms with van der Waals surface area (Å²) in [4.78, 5) is -0.00607. The van der Waals surface area contributed by atoms with Gasteiger partial charge in [0.15, 0.2) is 0 Å². The Kier molecular flexibility index (Phi) is 6.28. The Bertz CT molecular complexity index is 897. The van der Waals surface area contributed by atoms with Gasteiger partial charge in [-0.25, -0.2) is 8.42 Å². The first-order valence-electron chi connectivity index (χ1n) is 7.35. The molecule has 2 aromatic carbocycles. The minimum atomic E-state index is -3.79. The standard InChI is InChI=1S/C18H19NO5S/c1-22-15-10-11-17(24-3)18(13-15)25(20,21)19-12-6-8-14-7-4-5-9-16(14)23-2/h4-5,7,9-11,13,19H,12H2,1-3H3. The third kappa shape index (κ3) is 4.66. The largest absolute Gasteiger partial charge is 0.497 e. The molecule has 132 valence electrons. The van der Waals surface area contributed by atoms with E-state index < -0.39 is 10.0 Å². The number of para-hydroxylation sites is 1. The molecule has 0 atom stereocenters. The summed E-state index contributed by atoms with van der Waals surface area (Å²) < 4.78 is 42.8. The van der Waals surface area contributed by atoms with Gasteiger partial charge in [0, 0.05) is 6.07 Å². The molecular weight excluding hydrogens is 342 g/mol. The molecule has 2 aromatic rings. The van der Waals surface area contributed by atoms with Gasteiger partial charge in [0.25, 0.3) is 0 Å². The minimum Gasteiger partial charge on any atom is -0.497 e. The van der Waals surface area contributed by atoms with Crippen molar-refractivity contribution in [3.05, 3.63) is 48.0 Å². The molecule has 0 saturated carbocycles. The molecule has 6 nitrogen and oxygen atoms in total. The molecule has 0 aliphatic carbocycles. The summed E-state index contributed by atoms with van der Waals surface area (Å²) in [6, 6.07) is 11.8. The van der Waals surface area contributed by atoms with Gasteiger partial charge in [-0.3, -0.25) is 0 Å². The number of nitrogens with one attached hydrogen (secondary N) is 1. The predicted molar refractivity (Wildman–Crippen MR) is 94.6 cm³/mol. The maximum Gasteiger partial charge on any atom is 0.245 e. The molecule has 0 unspecified atom stereocenters. The fourth-order valence-electron chi connectivity index (χ4n) is 2.09. The fourth-order valence-corrected chi connectivity index (χ4v) is 3.20. The zero-order chi connectivity index (χ0) is 18.3. The van der Waals surface area contributed by atoms with E-state index in [4.69, 9.17) is 14.2 Å². The molecule has 25 heavy (non-hydrogen) atoms. The van der Waals surface area contributed by atoms with Crippen LogP contribution in [0.4, 0.5) is 0 Å². The highest BCUT2D eigenvalue weighted by atomic mass is 32.2. The Labute approximate surface area is 147 Å². The van der Waals surface area contributed by atoms with Crippen molar-refractivity contribution in [2.24, 2.45) is 0 Å². The van der Waals surface area contributed by atoms with Crippen molar-refractivity contribution in [2.75, 3.05) is 27.9 Å². The van der Waals surface area contributed by atoms with Gasteiger partial charge in [-0.05, 0) is 24.3 Å². The zero-order valence-corrected chi connectivity index (χ0v) is 15.0. The van der Waals surface area contributed by atoms with Crippen LogP contribution in [0.3, 0.4) is 0 Å². The number of sulfonamides is 1. The smallest absolute Gasteiger partial charge is 0.245 e. The van der Waals surface area contributed by atoms with Crippen LogP contribution in [0.2, 0.25) is 0 Å². The molecular formula is C18H19NO5S. The van der Waals surface area contributed by atoms with E-state index in [0.29, 0.717) is 17.1 Å². The topological polar surface area (TPSA) is 73.9 Å². The summed E-state index contributed by atoms with van der Waals surface area (Å²) in [7, 11) is 0.627. The first kappa shape index (κ1) is 18.6. The van der Waals surface area contributed by atoms with Crippen molar-refractivity contribution < 1.29 is 22.6 Å². The van der Waals surface area contributed by atoms with Gasteiger partial charge in [-0.2, -0.15) is 4.72 Å². The summed E-state index contributed by atoms with van der Waals surface area (Å²) in [6.07, 6.45) is 0. The highest BCUT2D eigenvalue weighted by molar-refractivity contribution is 7.89. The Morgan fingerprint density at radius 1 is 0.960 bits per heavy atom. The molecule has 7 heteroatoms. The van der Waals surface area contributed by atoms with E-state index in [1.54, 1.807) is 25.3 Å². The van der Waals surface area contributed by atoms with Gasteiger partial charge in [0.05, 0.1) is 33.4 Å². The summed E-state index contributed by atoms with van der Waals surface area (Å²) in [5.41, 5.74) is 0.683. The summed E-state index contributed by atoms with van der Waals surface area (Å²) in [5, 5.41) is 0. The van der Waals surface area contributed by atoms with Crippen molar-refractivity contribution in [1.82, 2.24) is 4.72 Å². The SMILES string of the molecule is COc1ccc(OC)c(S(=O)(=O)NCC#Cc2ccccc2OC)c1. The summed E-state index contributed by atoms with van der Waals surface area (Å²) >= 11 is 0. The first-order valence-corrected chi connectivity index (χ1v) is 8.83. The second-order valence-corrected chi connectivity index (χ2v) is 6.58. The predicted octanol–water partition coefficient (Wildman–Crippen LogP) is 2.04. The molecule has 2 rings (SSSR count). The molecule has 0 saturated heterocycles. The monoisotopic (exact) mass is 361 g/mol. The summed E-state index contributed by atoms with van der Waals surface area (Å²) in [6.45, 7) is -0.0548. The van der Waals surface area contributed by atoms with E-state index >= 15 is 0 Å². The van der Waals surface area contributed by atoms with E-state index in [1.165, 1.54) is 26.4 Å². The van der Waals surface area contributed by atoms with Crippen molar-refractivity contribution in [2.45, 2.75) is 4.90 Å². The fraction of sp³-hybridized carbons (Fsp3) is 0.222. The van der Waals surface area contributed by atoms with Crippen LogP contribution >= 0.6 is 0 Å². The highest BCUT2D eigenvalue weighted by Gasteiger charge is 2.19. The number of hydrogen-bond acceptors (Lipinski definition) is 5. The number of methoxy groups -OCH3 is 3.